The van der Waals surface area contributed by atoms with Crippen LogP contribution in [0.25, 0.3) is 0 Å². The lowest BCUT2D eigenvalue weighted by Gasteiger charge is -2.09. The lowest BCUT2D eigenvalue weighted by Crippen LogP contribution is -2.14. The van der Waals surface area contributed by atoms with Crippen molar-refractivity contribution in [2.24, 2.45) is 0 Å². The van der Waals surface area contributed by atoms with E-state index in [0.717, 1.165) is 0 Å². The number of phenols is 1. The van der Waals surface area contributed by atoms with Gasteiger partial charge in [-0.25, -0.2) is 13.2 Å². The number of phenolic OH excluding ortho intramolecular Hbond substituents is 1. The molecule has 3 nitrogen and oxygen atoms in total. The van der Waals surface area contributed by atoms with Gasteiger partial charge in [0.25, 0.3) is 5.91 Å². The van der Waals surface area contributed by atoms with E-state index < -0.39 is 29.0 Å². The first-order chi connectivity index (χ1) is 9.38. The van der Waals surface area contributed by atoms with E-state index in [-0.39, 0.29) is 11.3 Å². The number of hydrogen-bond donors (Lipinski definition) is 2. The number of nitrogens with one attached hydrogen (secondary N) is 1. The van der Waals surface area contributed by atoms with E-state index >= 15 is 0 Å². The summed E-state index contributed by atoms with van der Waals surface area (Å²) in [7, 11) is 0. The zero-order valence-electron chi connectivity index (χ0n) is 10.4. The number of aromatic hydroxyl groups is 1. The highest BCUT2D eigenvalue weighted by atomic mass is 19.2. The second-order valence-corrected chi connectivity index (χ2v) is 4.20. The molecule has 0 aliphatic carbocycles. The van der Waals surface area contributed by atoms with Gasteiger partial charge in [0.2, 0.25) is 0 Å². The summed E-state index contributed by atoms with van der Waals surface area (Å²) in [5, 5.41) is 11.4. The Balaban J connectivity index is 2.30. The third-order valence-corrected chi connectivity index (χ3v) is 2.71. The molecule has 0 heterocycles. The summed E-state index contributed by atoms with van der Waals surface area (Å²) >= 11 is 0. The monoisotopic (exact) mass is 281 g/mol. The van der Waals surface area contributed by atoms with E-state index in [1.54, 1.807) is 6.92 Å². The standard InChI is InChI=1S/C14H10F3NO2/c1-7-4-8(19)2-3-9(7)14(20)18-13-6-11(16)10(15)5-12(13)17/h2-6,19H,1H3,(H,18,20). The van der Waals surface area contributed by atoms with Crippen LogP contribution in [0, 0.1) is 24.4 Å². The molecule has 6 heteroatoms. The van der Waals surface area contributed by atoms with Gasteiger partial charge < -0.3 is 10.4 Å². The first kappa shape index (κ1) is 13.9. The topological polar surface area (TPSA) is 49.3 Å². The molecule has 0 radical (unpaired) electrons. The number of anilines is 1. The van der Waals surface area contributed by atoms with Crippen molar-refractivity contribution in [3.05, 3.63) is 58.9 Å². The Morgan fingerprint density at radius 2 is 1.70 bits per heavy atom. The van der Waals surface area contributed by atoms with Gasteiger partial charge in [-0.2, -0.15) is 0 Å². The van der Waals surface area contributed by atoms with Crippen molar-refractivity contribution in [2.45, 2.75) is 6.92 Å². The van der Waals surface area contributed by atoms with E-state index in [9.17, 15) is 23.1 Å². The lowest BCUT2D eigenvalue weighted by molar-refractivity contribution is 0.102. The van der Waals surface area contributed by atoms with Crippen molar-refractivity contribution in [2.75, 3.05) is 5.32 Å². The predicted molar refractivity (Wildman–Crippen MR) is 67.1 cm³/mol. The molecule has 2 N–H and O–H groups in total. The Bertz CT molecular complexity index is 686. The fourth-order valence-electron chi connectivity index (χ4n) is 1.71. The molecule has 0 saturated carbocycles. The van der Waals surface area contributed by atoms with Crippen LogP contribution >= 0.6 is 0 Å². The van der Waals surface area contributed by atoms with Gasteiger partial charge in [0.05, 0.1) is 5.69 Å². The fourth-order valence-corrected chi connectivity index (χ4v) is 1.71. The zero-order valence-corrected chi connectivity index (χ0v) is 10.4. The summed E-state index contributed by atoms with van der Waals surface area (Å²) in [4.78, 5) is 11.9. The molecule has 2 aromatic rings. The Morgan fingerprint density at radius 3 is 2.35 bits per heavy atom. The van der Waals surface area contributed by atoms with Gasteiger partial charge in [-0.15, -0.1) is 0 Å². The SMILES string of the molecule is Cc1cc(O)ccc1C(=O)Nc1cc(F)c(F)cc1F. The number of benzene rings is 2. The second-order valence-electron chi connectivity index (χ2n) is 4.20. The molecule has 0 aromatic heterocycles. The second kappa shape index (κ2) is 5.24. The van der Waals surface area contributed by atoms with E-state index in [1.807, 2.05) is 0 Å². The molecular weight excluding hydrogens is 271 g/mol. The smallest absolute Gasteiger partial charge is 0.256 e. The molecule has 2 aromatic carbocycles. The van der Waals surface area contributed by atoms with Crippen LogP contribution in [0.2, 0.25) is 0 Å². The largest absolute Gasteiger partial charge is 0.508 e. The summed E-state index contributed by atoms with van der Waals surface area (Å²) in [6.45, 7) is 1.58. The van der Waals surface area contributed by atoms with Crippen LogP contribution in [0.5, 0.6) is 5.75 Å². The Labute approximate surface area is 112 Å². The molecule has 0 aliphatic heterocycles. The highest BCUT2D eigenvalue weighted by Gasteiger charge is 2.15. The number of carbonyl (C=O) groups is 1. The molecule has 0 fully saturated rings. The van der Waals surface area contributed by atoms with Gasteiger partial charge in [-0.1, -0.05) is 0 Å². The quantitative estimate of drug-likeness (QED) is 0.829. The van der Waals surface area contributed by atoms with Gasteiger partial charge in [-0.05, 0) is 30.7 Å². The summed E-state index contributed by atoms with van der Waals surface area (Å²) < 4.78 is 39.2. The first-order valence-corrected chi connectivity index (χ1v) is 5.64. The van der Waals surface area contributed by atoms with Crippen molar-refractivity contribution in [3.8, 4) is 5.75 Å². The molecule has 0 atom stereocenters. The number of hydrogen-bond acceptors (Lipinski definition) is 2. The molecule has 0 unspecified atom stereocenters. The van der Waals surface area contributed by atoms with Crippen LogP contribution in [-0.2, 0) is 0 Å². The van der Waals surface area contributed by atoms with Crippen molar-refractivity contribution < 1.29 is 23.1 Å². The maximum atomic E-state index is 13.4. The molecule has 0 spiro atoms. The highest BCUT2D eigenvalue weighted by molar-refractivity contribution is 6.05. The average molecular weight is 281 g/mol. The maximum Gasteiger partial charge on any atom is 0.256 e. The van der Waals surface area contributed by atoms with Gasteiger partial charge >= 0.3 is 0 Å². The number of carbonyl (C=O) groups excluding carboxylic acids is 1. The minimum absolute atomic E-state index is 0.0157. The van der Waals surface area contributed by atoms with E-state index in [2.05, 4.69) is 5.32 Å². The third-order valence-electron chi connectivity index (χ3n) is 2.71. The Hall–Kier alpha value is -2.50. The molecular formula is C14H10F3NO2. The Kier molecular flexibility index (Phi) is 3.65. The number of amides is 1. The van der Waals surface area contributed by atoms with Gasteiger partial charge in [0, 0.05) is 17.7 Å². The van der Waals surface area contributed by atoms with E-state index in [4.69, 9.17) is 0 Å². The predicted octanol–water partition coefficient (Wildman–Crippen LogP) is 3.37. The average Bonchev–Trinajstić information content (AvgIpc) is 2.35. The minimum Gasteiger partial charge on any atom is -0.508 e. The summed E-state index contributed by atoms with van der Waals surface area (Å²) in [6, 6.07) is 4.92. The minimum atomic E-state index is -1.33. The highest BCUT2D eigenvalue weighted by Crippen LogP contribution is 2.21. The van der Waals surface area contributed by atoms with E-state index in [1.165, 1.54) is 18.2 Å². The van der Waals surface area contributed by atoms with E-state index in [0.29, 0.717) is 17.7 Å². The van der Waals surface area contributed by atoms with Crippen molar-refractivity contribution >= 4 is 11.6 Å². The summed E-state index contributed by atoms with van der Waals surface area (Å²) in [6.07, 6.45) is 0. The Morgan fingerprint density at radius 1 is 1.05 bits per heavy atom. The van der Waals surface area contributed by atoms with Gasteiger partial charge in [0.1, 0.15) is 11.6 Å². The van der Waals surface area contributed by atoms with Crippen LogP contribution < -0.4 is 5.32 Å². The van der Waals surface area contributed by atoms with Crippen LogP contribution in [0.15, 0.2) is 30.3 Å². The number of aryl methyl sites for hydroxylation is 1. The van der Waals surface area contributed by atoms with Gasteiger partial charge in [-0.3, -0.25) is 4.79 Å². The summed E-state index contributed by atoms with van der Waals surface area (Å²) in [5.74, 6) is -4.37. The van der Waals surface area contributed by atoms with Crippen LogP contribution in [0.4, 0.5) is 18.9 Å². The fraction of sp³-hybridized carbons (Fsp3) is 0.0714. The van der Waals surface area contributed by atoms with Crippen molar-refractivity contribution in [3.63, 3.8) is 0 Å². The van der Waals surface area contributed by atoms with Crippen LogP contribution in [0.3, 0.4) is 0 Å². The molecule has 20 heavy (non-hydrogen) atoms. The number of rotatable bonds is 2. The number of halogens is 3. The zero-order chi connectivity index (χ0) is 14.9. The van der Waals surface area contributed by atoms with Crippen molar-refractivity contribution in [1.29, 1.82) is 0 Å². The molecule has 0 bridgehead atoms. The maximum absolute atomic E-state index is 13.4. The summed E-state index contributed by atoms with van der Waals surface area (Å²) in [5.41, 5.74) is 0.193. The van der Waals surface area contributed by atoms with Gasteiger partial charge in [0.15, 0.2) is 11.6 Å². The molecule has 2 rings (SSSR count). The normalized spacial score (nSPS) is 10.4. The van der Waals surface area contributed by atoms with Crippen LogP contribution in [-0.4, -0.2) is 11.0 Å². The van der Waals surface area contributed by atoms with Crippen LogP contribution in [0.1, 0.15) is 15.9 Å². The lowest BCUT2D eigenvalue weighted by atomic mass is 10.1. The molecule has 104 valence electrons. The molecule has 0 saturated heterocycles. The first-order valence-electron chi connectivity index (χ1n) is 5.64. The molecule has 0 aliphatic rings. The molecule has 1 amide bonds. The van der Waals surface area contributed by atoms with Crippen molar-refractivity contribution in [1.82, 2.24) is 0 Å². The third kappa shape index (κ3) is 2.74.